The molecule has 1 fully saturated rings. The third kappa shape index (κ3) is 6.99. The second-order valence-electron chi connectivity index (χ2n) is 11.2. The number of ether oxygens (including phenoxy) is 2. The standard InChI is InChI=1S/C33H36F3NO4/c1-21(37-16-4-5-23(19-37)14-15-33(34,35)36)20-40-28-11-8-24(9-12-28)32-31(25-6-3-7-26(38)17-25)22(2)29-18-27(39)10-13-30(29)41-32/h3,6-13,17-18,21,23,32,38-39H,4-5,14-16,19-20H2,1-2H3/t21-,23-,32?/m0/s1. The summed E-state index contributed by atoms with van der Waals surface area (Å²) in [6.45, 7) is 6.02. The molecule has 8 heteroatoms. The lowest BCUT2D eigenvalue weighted by Crippen LogP contribution is -2.44. The predicted octanol–water partition coefficient (Wildman–Crippen LogP) is 7.98. The van der Waals surface area contributed by atoms with Gasteiger partial charge in [-0.15, -0.1) is 0 Å². The van der Waals surface area contributed by atoms with Gasteiger partial charge in [-0.3, -0.25) is 4.90 Å². The zero-order chi connectivity index (χ0) is 29.1. The van der Waals surface area contributed by atoms with Gasteiger partial charge in [0.1, 0.15) is 35.7 Å². The van der Waals surface area contributed by atoms with Gasteiger partial charge in [-0.25, -0.2) is 0 Å². The van der Waals surface area contributed by atoms with E-state index in [0.29, 0.717) is 24.7 Å². The molecule has 5 rings (SSSR count). The molecule has 3 atom stereocenters. The Hall–Kier alpha value is -3.65. The summed E-state index contributed by atoms with van der Waals surface area (Å²) in [6.07, 6.45) is -3.33. The third-order valence-corrected chi connectivity index (χ3v) is 8.12. The maximum absolute atomic E-state index is 12.7. The van der Waals surface area contributed by atoms with Gasteiger partial charge in [0, 0.05) is 30.1 Å². The third-order valence-electron chi connectivity index (χ3n) is 8.12. The molecule has 0 amide bonds. The molecule has 0 radical (unpaired) electrons. The summed E-state index contributed by atoms with van der Waals surface area (Å²) in [4.78, 5) is 2.24. The van der Waals surface area contributed by atoms with E-state index in [4.69, 9.17) is 9.47 Å². The lowest BCUT2D eigenvalue weighted by Gasteiger charge is -2.36. The zero-order valence-electron chi connectivity index (χ0n) is 23.3. The van der Waals surface area contributed by atoms with Crippen LogP contribution in [0.4, 0.5) is 13.2 Å². The second kappa shape index (κ2) is 12.1. The summed E-state index contributed by atoms with van der Waals surface area (Å²) >= 11 is 0. The first kappa shape index (κ1) is 28.9. The number of nitrogens with zero attached hydrogens (tertiary/aromatic N) is 1. The van der Waals surface area contributed by atoms with E-state index in [0.717, 1.165) is 47.2 Å². The number of alkyl halides is 3. The molecule has 0 bridgehead atoms. The van der Waals surface area contributed by atoms with E-state index in [1.54, 1.807) is 36.4 Å². The van der Waals surface area contributed by atoms with Crippen LogP contribution in [0, 0.1) is 5.92 Å². The summed E-state index contributed by atoms with van der Waals surface area (Å²) in [6, 6.07) is 19.9. The van der Waals surface area contributed by atoms with Crippen molar-refractivity contribution in [1.82, 2.24) is 4.90 Å². The minimum absolute atomic E-state index is 0.0638. The predicted molar refractivity (Wildman–Crippen MR) is 153 cm³/mol. The van der Waals surface area contributed by atoms with Gasteiger partial charge in [-0.2, -0.15) is 13.2 Å². The number of likely N-dealkylation sites (tertiary alicyclic amines) is 1. The molecule has 218 valence electrons. The van der Waals surface area contributed by atoms with Gasteiger partial charge < -0.3 is 19.7 Å². The summed E-state index contributed by atoms with van der Waals surface area (Å²) in [5, 5.41) is 20.2. The van der Waals surface area contributed by atoms with Crippen LogP contribution in [-0.2, 0) is 0 Å². The van der Waals surface area contributed by atoms with Crippen LogP contribution < -0.4 is 9.47 Å². The topological polar surface area (TPSA) is 62.2 Å². The molecule has 5 nitrogen and oxygen atoms in total. The number of benzene rings is 3. The SMILES string of the molecule is CC1=C(c2cccc(O)c2)C(c2ccc(OC[C@H](C)N3CCC[C@@H](CCC(F)(F)F)C3)cc2)Oc2ccc(O)cc21. The number of allylic oxidation sites excluding steroid dienone is 1. The normalized spacial score (nSPS) is 20.3. The van der Waals surface area contributed by atoms with Gasteiger partial charge in [0.25, 0.3) is 0 Å². The number of fused-ring (bicyclic) bond motifs is 1. The molecular weight excluding hydrogens is 531 g/mol. The molecule has 2 heterocycles. The number of rotatable bonds is 8. The monoisotopic (exact) mass is 567 g/mol. The molecule has 2 aliphatic heterocycles. The van der Waals surface area contributed by atoms with Crippen LogP contribution in [0.1, 0.15) is 62.3 Å². The number of phenolic OH excluding ortho intramolecular Hbond substituents is 2. The van der Waals surface area contributed by atoms with Gasteiger partial charge in [-0.1, -0.05) is 24.3 Å². The van der Waals surface area contributed by atoms with Gasteiger partial charge in [0.2, 0.25) is 0 Å². The smallest absolute Gasteiger partial charge is 0.389 e. The Balaban J connectivity index is 1.28. The number of phenols is 2. The van der Waals surface area contributed by atoms with E-state index >= 15 is 0 Å². The highest BCUT2D eigenvalue weighted by Crippen LogP contribution is 2.47. The van der Waals surface area contributed by atoms with Crippen molar-refractivity contribution in [1.29, 1.82) is 0 Å². The van der Waals surface area contributed by atoms with Crippen molar-refractivity contribution >= 4 is 11.1 Å². The summed E-state index contributed by atoms with van der Waals surface area (Å²) in [7, 11) is 0. The van der Waals surface area contributed by atoms with E-state index in [1.807, 2.05) is 37.3 Å². The van der Waals surface area contributed by atoms with Crippen LogP contribution in [0.15, 0.2) is 66.7 Å². The Kier molecular flexibility index (Phi) is 8.50. The maximum Gasteiger partial charge on any atom is 0.389 e. The first-order chi connectivity index (χ1) is 19.6. The van der Waals surface area contributed by atoms with Crippen LogP contribution in [-0.4, -0.2) is 47.0 Å². The number of halogens is 3. The summed E-state index contributed by atoms with van der Waals surface area (Å²) < 4.78 is 50.6. The van der Waals surface area contributed by atoms with E-state index < -0.39 is 18.7 Å². The van der Waals surface area contributed by atoms with Crippen molar-refractivity contribution < 1.29 is 32.9 Å². The first-order valence-electron chi connectivity index (χ1n) is 14.1. The number of piperidine rings is 1. The Morgan fingerprint density at radius 2 is 1.78 bits per heavy atom. The van der Waals surface area contributed by atoms with E-state index in [2.05, 4.69) is 11.8 Å². The molecule has 3 aromatic carbocycles. The molecule has 2 aliphatic rings. The molecule has 0 aromatic heterocycles. The summed E-state index contributed by atoms with van der Waals surface area (Å²) in [5.41, 5.74) is 4.37. The lowest BCUT2D eigenvalue weighted by molar-refractivity contribution is -0.138. The van der Waals surface area contributed by atoms with E-state index in [1.165, 1.54) is 0 Å². The van der Waals surface area contributed by atoms with Crippen LogP contribution >= 0.6 is 0 Å². The van der Waals surface area contributed by atoms with Crippen molar-refractivity contribution in [2.24, 2.45) is 5.92 Å². The average molecular weight is 568 g/mol. The molecule has 41 heavy (non-hydrogen) atoms. The quantitative estimate of drug-likeness (QED) is 0.289. The minimum atomic E-state index is -4.10. The molecule has 1 saturated heterocycles. The summed E-state index contributed by atoms with van der Waals surface area (Å²) in [5.74, 6) is 1.73. The average Bonchev–Trinajstić information content (AvgIpc) is 2.95. The Labute approximate surface area is 238 Å². The largest absolute Gasteiger partial charge is 0.508 e. The molecule has 1 unspecified atom stereocenters. The van der Waals surface area contributed by atoms with Crippen molar-refractivity contribution in [3.8, 4) is 23.0 Å². The molecular formula is C33H36F3NO4. The molecule has 3 aromatic rings. The van der Waals surface area contributed by atoms with Crippen molar-refractivity contribution in [3.05, 3.63) is 83.4 Å². The number of hydrogen-bond donors (Lipinski definition) is 2. The second-order valence-corrected chi connectivity index (χ2v) is 11.2. The Morgan fingerprint density at radius 3 is 2.51 bits per heavy atom. The maximum atomic E-state index is 12.7. The van der Waals surface area contributed by atoms with Crippen molar-refractivity contribution in [2.45, 2.75) is 57.9 Å². The Morgan fingerprint density at radius 1 is 1.02 bits per heavy atom. The van der Waals surface area contributed by atoms with Gasteiger partial charge in [0.15, 0.2) is 0 Å². The molecule has 2 N–H and O–H groups in total. The highest BCUT2D eigenvalue weighted by molar-refractivity contribution is 5.95. The van der Waals surface area contributed by atoms with Crippen LogP contribution in [0.3, 0.4) is 0 Å². The molecule has 0 saturated carbocycles. The lowest BCUT2D eigenvalue weighted by atomic mass is 9.86. The first-order valence-corrected chi connectivity index (χ1v) is 14.1. The minimum Gasteiger partial charge on any atom is -0.508 e. The fraction of sp³-hybridized carbons (Fsp3) is 0.394. The fourth-order valence-electron chi connectivity index (χ4n) is 5.88. The van der Waals surface area contributed by atoms with Crippen LogP contribution in [0.25, 0.3) is 11.1 Å². The highest BCUT2D eigenvalue weighted by Gasteiger charge is 2.32. The zero-order valence-corrected chi connectivity index (χ0v) is 23.3. The molecule has 0 spiro atoms. The number of hydrogen-bond acceptors (Lipinski definition) is 5. The fourth-order valence-corrected chi connectivity index (χ4v) is 5.88. The Bertz CT molecular complexity index is 1390. The van der Waals surface area contributed by atoms with Crippen molar-refractivity contribution in [2.75, 3.05) is 19.7 Å². The van der Waals surface area contributed by atoms with Gasteiger partial charge >= 0.3 is 6.18 Å². The number of aromatic hydroxyl groups is 2. The van der Waals surface area contributed by atoms with E-state index in [9.17, 15) is 23.4 Å². The van der Waals surface area contributed by atoms with Crippen molar-refractivity contribution in [3.63, 3.8) is 0 Å². The highest BCUT2D eigenvalue weighted by atomic mass is 19.4. The van der Waals surface area contributed by atoms with E-state index in [-0.39, 0.29) is 29.9 Å². The van der Waals surface area contributed by atoms with Crippen LogP contribution in [0.5, 0.6) is 23.0 Å². The van der Waals surface area contributed by atoms with Gasteiger partial charge in [0.05, 0.1) is 0 Å². The van der Waals surface area contributed by atoms with Crippen LogP contribution in [0.2, 0.25) is 0 Å². The van der Waals surface area contributed by atoms with Gasteiger partial charge in [-0.05, 0) is 105 Å². The molecule has 0 aliphatic carbocycles.